The molecule has 0 bridgehead atoms. The summed E-state index contributed by atoms with van der Waals surface area (Å²) < 4.78 is 0. The van der Waals surface area contributed by atoms with Crippen LogP contribution in [0.2, 0.25) is 0 Å². The molecule has 8 nitrogen and oxygen atoms in total. The maximum absolute atomic E-state index is 12.0. The predicted molar refractivity (Wildman–Crippen MR) is 91.4 cm³/mol. The molecular weight excluding hydrogens is 342 g/mol. The predicted octanol–water partition coefficient (Wildman–Crippen LogP) is 0.906. The second-order valence-electron chi connectivity index (χ2n) is 5.84. The fraction of sp³-hybridized carbons (Fsp3) is 0.222. The number of phenols is 4. The normalized spacial score (nSPS) is 11.8. The van der Waals surface area contributed by atoms with Crippen LogP contribution < -0.4 is 5.32 Å². The molecule has 6 N–H and O–H groups in total. The van der Waals surface area contributed by atoms with E-state index >= 15 is 0 Å². The van der Waals surface area contributed by atoms with E-state index in [4.69, 9.17) is 0 Å². The standard InChI is InChI=1S/C18H19NO7/c20-12(5-10-1-3-14(21)16(23)7-10)9-19-13(18(25)26)6-11-2-4-15(22)17(24)8-11/h1-4,7-8,13,19,21-24H,5-6,9H2,(H,25,26)/t13-/m0/s1. The van der Waals surface area contributed by atoms with Crippen LogP contribution in [0.5, 0.6) is 23.0 Å². The zero-order valence-corrected chi connectivity index (χ0v) is 13.7. The quantitative estimate of drug-likeness (QED) is 0.380. The van der Waals surface area contributed by atoms with Crippen molar-refractivity contribution in [3.8, 4) is 23.0 Å². The summed E-state index contributed by atoms with van der Waals surface area (Å²) in [6.07, 6.45) is -0.0242. The van der Waals surface area contributed by atoms with E-state index in [9.17, 15) is 35.1 Å². The molecule has 0 unspecified atom stereocenters. The van der Waals surface area contributed by atoms with Gasteiger partial charge in [-0.3, -0.25) is 14.9 Å². The highest BCUT2D eigenvalue weighted by Gasteiger charge is 2.19. The van der Waals surface area contributed by atoms with Crippen molar-refractivity contribution < 1.29 is 35.1 Å². The molecule has 0 aromatic heterocycles. The van der Waals surface area contributed by atoms with Crippen LogP contribution >= 0.6 is 0 Å². The van der Waals surface area contributed by atoms with Crippen molar-refractivity contribution in [2.75, 3.05) is 6.54 Å². The average molecular weight is 361 g/mol. The minimum atomic E-state index is -1.16. The van der Waals surface area contributed by atoms with Crippen LogP contribution in [-0.2, 0) is 22.4 Å². The minimum absolute atomic E-state index is 0.0104. The molecule has 0 radical (unpaired) electrons. The fourth-order valence-corrected chi connectivity index (χ4v) is 2.38. The Kier molecular flexibility index (Phi) is 6.03. The summed E-state index contributed by atoms with van der Waals surface area (Å²) in [6, 6.07) is 6.95. The Morgan fingerprint density at radius 2 is 1.38 bits per heavy atom. The molecule has 138 valence electrons. The molecule has 0 saturated carbocycles. The van der Waals surface area contributed by atoms with Gasteiger partial charge in [-0.1, -0.05) is 12.1 Å². The fourth-order valence-electron chi connectivity index (χ4n) is 2.38. The Bertz CT molecular complexity index is 819. The maximum atomic E-state index is 12.0. The number of nitrogens with one attached hydrogen (secondary N) is 1. The summed E-state index contributed by atoms with van der Waals surface area (Å²) in [5, 5.41) is 49.3. The van der Waals surface area contributed by atoms with Crippen molar-refractivity contribution in [1.82, 2.24) is 5.32 Å². The summed E-state index contributed by atoms with van der Waals surface area (Å²) in [5.74, 6) is -2.74. The van der Waals surface area contributed by atoms with Gasteiger partial charge in [0.2, 0.25) is 0 Å². The Hall–Kier alpha value is -3.26. The van der Waals surface area contributed by atoms with E-state index < -0.39 is 12.0 Å². The molecule has 1 atom stereocenters. The number of carbonyl (C=O) groups is 2. The first kappa shape index (κ1) is 19.1. The van der Waals surface area contributed by atoms with Gasteiger partial charge in [0.15, 0.2) is 28.8 Å². The van der Waals surface area contributed by atoms with Gasteiger partial charge in [-0.2, -0.15) is 0 Å². The third kappa shape index (κ3) is 5.12. The number of hydrogen-bond donors (Lipinski definition) is 6. The van der Waals surface area contributed by atoms with E-state index in [1.807, 2.05) is 0 Å². The second kappa shape index (κ2) is 8.21. The van der Waals surface area contributed by atoms with Gasteiger partial charge >= 0.3 is 5.97 Å². The number of rotatable bonds is 8. The van der Waals surface area contributed by atoms with Gasteiger partial charge in [0.05, 0.1) is 6.54 Å². The summed E-state index contributed by atoms with van der Waals surface area (Å²) in [5.41, 5.74) is 0.971. The van der Waals surface area contributed by atoms with E-state index in [1.54, 1.807) is 0 Å². The van der Waals surface area contributed by atoms with Crippen molar-refractivity contribution in [2.45, 2.75) is 18.9 Å². The van der Waals surface area contributed by atoms with Crippen LogP contribution in [0.25, 0.3) is 0 Å². The lowest BCUT2D eigenvalue weighted by Crippen LogP contribution is -2.41. The molecule has 2 aromatic carbocycles. The summed E-state index contributed by atoms with van der Waals surface area (Å²) in [4.78, 5) is 23.4. The Morgan fingerprint density at radius 3 is 1.92 bits per heavy atom. The first-order chi connectivity index (χ1) is 12.3. The zero-order chi connectivity index (χ0) is 19.3. The van der Waals surface area contributed by atoms with Crippen LogP contribution in [0, 0.1) is 0 Å². The SMILES string of the molecule is O=C(CN[C@@H](Cc1ccc(O)c(O)c1)C(=O)O)Cc1ccc(O)c(O)c1. The summed E-state index contributed by atoms with van der Waals surface area (Å²) >= 11 is 0. The molecule has 0 aliphatic rings. The molecule has 8 heteroatoms. The van der Waals surface area contributed by atoms with Gasteiger partial charge in [0.25, 0.3) is 0 Å². The molecule has 0 amide bonds. The molecule has 0 aliphatic carbocycles. The van der Waals surface area contributed by atoms with Gasteiger partial charge in [-0.15, -0.1) is 0 Å². The molecule has 0 saturated heterocycles. The third-order valence-electron chi connectivity index (χ3n) is 3.76. The minimum Gasteiger partial charge on any atom is -0.504 e. The Balaban J connectivity index is 1.94. The van der Waals surface area contributed by atoms with Gasteiger partial charge in [0, 0.05) is 6.42 Å². The van der Waals surface area contributed by atoms with Gasteiger partial charge in [-0.05, 0) is 41.8 Å². The number of carboxylic acid groups (broad SMARTS) is 1. The summed E-state index contributed by atoms with van der Waals surface area (Å²) in [6.45, 7) is -0.206. The average Bonchev–Trinajstić information content (AvgIpc) is 2.57. The number of benzene rings is 2. The number of aromatic hydroxyl groups is 4. The van der Waals surface area contributed by atoms with E-state index in [0.29, 0.717) is 11.1 Å². The lowest BCUT2D eigenvalue weighted by Gasteiger charge is -2.14. The number of ketones is 1. The molecule has 0 spiro atoms. The van der Waals surface area contributed by atoms with Crippen molar-refractivity contribution in [3.05, 3.63) is 47.5 Å². The largest absolute Gasteiger partial charge is 0.504 e. The van der Waals surface area contributed by atoms with Crippen LogP contribution in [0.1, 0.15) is 11.1 Å². The van der Waals surface area contributed by atoms with Crippen LogP contribution in [0.15, 0.2) is 36.4 Å². The molecule has 2 rings (SSSR count). The van der Waals surface area contributed by atoms with Crippen LogP contribution in [0.3, 0.4) is 0 Å². The first-order valence-electron chi connectivity index (χ1n) is 7.76. The first-order valence-corrected chi connectivity index (χ1v) is 7.76. The van der Waals surface area contributed by atoms with Gasteiger partial charge in [0.1, 0.15) is 6.04 Å². The maximum Gasteiger partial charge on any atom is 0.321 e. The Labute approximate surface area is 149 Å². The van der Waals surface area contributed by atoms with E-state index in [1.165, 1.54) is 36.4 Å². The lowest BCUT2D eigenvalue weighted by molar-refractivity contribution is -0.139. The monoisotopic (exact) mass is 361 g/mol. The highest BCUT2D eigenvalue weighted by Crippen LogP contribution is 2.26. The molecule has 2 aromatic rings. The van der Waals surface area contributed by atoms with Gasteiger partial charge < -0.3 is 25.5 Å². The third-order valence-corrected chi connectivity index (χ3v) is 3.76. The topological polar surface area (TPSA) is 147 Å². The number of hydrogen-bond acceptors (Lipinski definition) is 7. The number of carbonyl (C=O) groups excluding carboxylic acids is 1. The Morgan fingerprint density at radius 1 is 0.846 bits per heavy atom. The smallest absolute Gasteiger partial charge is 0.321 e. The van der Waals surface area contributed by atoms with Crippen LogP contribution in [0.4, 0.5) is 0 Å². The van der Waals surface area contributed by atoms with Crippen molar-refractivity contribution in [3.63, 3.8) is 0 Å². The zero-order valence-electron chi connectivity index (χ0n) is 13.7. The van der Waals surface area contributed by atoms with Crippen molar-refractivity contribution in [2.24, 2.45) is 0 Å². The number of carboxylic acids is 1. The van der Waals surface area contributed by atoms with E-state index in [2.05, 4.69) is 5.32 Å². The van der Waals surface area contributed by atoms with E-state index in [0.717, 1.165) is 0 Å². The highest BCUT2D eigenvalue weighted by molar-refractivity contribution is 5.84. The number of Topliss-reactive ketones (excluding diaryl/α,β-unsaturated/α-hetero) is 1. The van der Waals surface area contributed by atoms with Gasteiger partial charge in [-0.25, -0.2) is 0 Å². The number of aliphatic carboxylic acids is 1. The molecule has 0 fully saturated rings. The molecule has 26 heavy (non-hydrogen) atoms. The molecule has 0 heterocycles. The number of phenolic OH excluding ortho intramolecular Hbond substituents is 4. The van der Waals surface area contributed by atoms with Crippen molar-refractivity contribution in [1.29, 1.82) is 0 Å². The molecular formula is C18H19NO7. The van der Waals surface area contributed by atoms with E-state index in [-0.39, 0.29) is 48.2 Å². The molecule has 0 aliphatic heterocycles. The van der Waals surface area contributed by atoms with Crippen LogP contribution in [-0.4, -0.2) is 49.9 Å². The lowest BCUT2D eigenvalue weighted by atomic mass is 10.0. The second-order valence-corrected chi connectivity index (χ2v) is 5.84. The highest BCUT2D eigenvalue weighted by atomic mass is 16.4. The summed E-state index contributed by atoms with van der Waals surface area (Å²) in [7, 11) is 0. The van der Waals surface area contributed by atoms with Crippen molar-refractivity contribution >= 4 is 11.8 Å².